The number of benzene rings is 2. The Morgan fingerprint density at radius 1 is 0.929 bits per heavy atom. The molecule has 0 aliphatic carbocycles. The van der Waals surface area contributed by atoms with E-state index in [1.807, 2.05) is 43.7 Å². The van der Waals surface area contributed by atoms with Gasteiger partial charge in [0, 0.05) is 26.5 Å². The first-order chi connectivity index (χ1) is 14.6. The summed E-state index contributed by atoms with van der Waals surface area (Å²) in [5.41, 5.74) is 8.49. The fourth-order valence-corrected chi connectivity index (χ4v) is 4.00. The minimum atomic E-state index is -2.15. The Kier molecular flexibility index (Phi) is 2.93. The van der Waals surface area contributed by atoms with Gasteiger partial charge in [0.15, 0.2) is 17.4 Å². The van der Waals surface area contributed by atoms with Crippen LogP contribution in [0.2, 0.25) is 0 Å². The van der Waals surface area contributed by atoms with Gasteiger partial charge in [0.1, 0.15) is 12.6 Å². The van der Waals surface area contributed by atoms with Crippen molar-refractivity contribution in [1.82, 2.24) is 4.98 Å². The first kappa shape index (κ1) is 13.9. The molecular formula is C25H23N2O+. The molecule has 0 radical (unpaired) electrons. The molecule has 0 amide bonds. The quantitative estimate of drug-likeness (QED) is 0.346. The summed E-state index contributed by atoms with van der Waals surface area (Å²) in [6.45, 7) is 3.81. The second-order valence-electron chi connectivity index (χ2n) is 7.58. The van der Waals surface area contributed by atoms with E-state index in [0.717, 1.165) is 60.9 Å². The molecule has 0 aliphatic heterocycles. The third-order valence-electron chi connectivity index (χ3n) is 5.61. The topological polar surface area (TPSA) is 29.9 Å². The van der Waals surface area contributed by atoms with Gasteiger partial charge in [-0.3, -0.25) is 0 Å². The van der Waals surface area contributed by atoms with Gasteiger partial charge in [-0.25, -0.2) is 9.55 Å². The predicted molar refractivity (Wildman–Crippen MR) is 115 cm³/mol. The summed E-state index contributed by atoms with van der Waals surface area (Å²) in [5.74, 6) is 0. The molecule has 138 valence electrons. The zero-order valence-electron chi connectivity index (χ0n) is 19.4. The van der Waals surface area contributed by atoms with E-state index in [0.29, 0.717) is 5.56 Å². The maximum atomic E-state index is 7.81. The number of nitrogens with zero attached hydrogens (tertiary/aromatic N) is 2. The Bertz CT molecular complexity index is 1510. The molecule has 0 bridgehead atoms. The van der Waals surface area contributed by atoms with E-state index in [2.05, 4.69) is 31.2 Å². The minimum absolute atomic E-state index is 0.358. The lowest BCUT2D eigenvalue weighted by Crippen LogP contribution is -2.31. The maximum absolute atomic E-state index is 7.81. The van der Waals surface area contributed by atoms with E-state index < -0.39 is 6.85 Å². The van der Waals surface area contributed by atoms with Crippen LogP contribution in [0.15, 0.2) is 53.1 Å². The minimum Gasteiger partial charge on any atom is -0.453 e. The van der Waals surface area contributed by atoms with Crippen LogP contribution in [0.4, 0.5) is 0 Å². The van der Waals surface area contributed by atoms with Crippen molar-refractivity contribution >= 4 is 33.0 Å². The highest BCUT2D eigenvalue weighted by Gasteiger charge is 2.22. The Morgan fingerprint density at radius 3 is 2.61 bits per heavy atom. The highest BCUT2D eigenvalue weighted by Crippen LogP contribution is 2.37. The number of aromatic nitrogens is 2. The number of hydrogen-bond donors (Lipinski definition) is 0. The molecule has 0 fully saturated rings. The fourth-order valence-electron chi connectivity index (χ4n) is 4.00. The summed E-state index contributed by atoms with van der Waals surface area (Å²) in [6.07, 6.45) is 1.70. The van der Waals surface area contributed by atoms with Gasteiger partial charge in [-0.05, 0) is 62.5 Å². The smallest absolute Gasteiger partial charge is 0.216 e. The van der Waals surface area contributed by atoms with Gasteiger partial charge in [-0.2, -0.15) is 0 Å². The van der Waals surface area contributed by atoms with Crippen molar-refractivity contribution < 1.29 is 13.1 Å². The molecule has 5 aromatic rings. The number of pyridine rings is 2. The number of aryl methyl sites for hydroxylation is 5. The molecule has 0 aliphatic rings. The summed E-state index contributed by atoms with van der Waals surface area (Å²) in [6, 6.07) is 14.2. The first-order valence-corrected chi connectivity index (χ1v) is 9.38. The lowest BCUT2D eigenvalue weighted by Gasteiger charge is -2.07. The van der Waals surface area contributed by atoms with E-state index in [-0.39, 0.29) is 0 Å². The molecule has 3 heterocycles. The predicted octanol–water partition coefficient (Wildman–Crippen LogP) is 5.86. The Balaban J connectivity index is 1.85. The lowest BCUT2D eigenvalue weighted by atomic mass is 9.99. The van der Waals surface area contributed by atoms with E-state index in [1.165, 1.54) is 0 Å². The molecule has 28 heavy (non-hydrogen) atoms. The molecule has 0 atom stereocenters. The van der Waals surface area contributed by atoms with E-state index in [9.17, 15) is 0 Å². The molecule has 3 aromatic heterocycles. The third-order valence-corrected chi connectivity index (χ3v) is 5.61. The second kappa shape index (κ2) is 5.90. The zero-order valence-corrected chi connectivity index (χ0v) is 16.4. The maximum Gasteiger partial charge on any atom is 0.216 e. The molecule has 0 spiro atoms. The summed E-state index contributed by atoms with van der Waals surface area (Å²) in [4.78, 5) is 4.90. The molecule has 5 rings (SSSR count). The second-order valence-corrected chi connectivity index (χ2v) is 7.58. The van der Waals surface area contributed by atoms with Crippen LogP contribution in [0.5, 0.6) is 0 Å². The van der Waals surface area contributed by atoms with Crippen molar-refractivity contribution in [1.29, 1.82) is 0 Å². The monoisotopic (exact) mass is 370 g/mol. The van der Waals surface area contributed by atoms with E-state index in [1.54, 1.807) is 6.20 Å². The molecular weight excluding hydrogens is 344 g/mol. The Morgan fingerprint density at radius 2 is 1.79 bits per heavy atom. The number of furan rings is 1. The molecule has 3 heteroatoms. The molecule has 0 saturated heterocycles. The molecule has 0 saturated carbocycles. The largest absolute Gasteiger partial charge is 0.453 e. The molecule has 0 N–H and O–H groups in total. The van der Waals surface area contributed by atoms with Gasteiger partial charge in [0.2, 0.25) is 5.69 Å². The van der Waals surface area contributed by atoms with Crippen molar-refractivity contribution in [2.24, 2.45) is 7.05 Å². The van der Waals surface area contributed by atoms with Gasteiger partial charge < -0.3 is 4.42 Å². The van der Waals surface area contributed by atoms with Gasteiger partial charge in [-0.1, -0.05) is 18.2 Å². The zero-order chi connectivity index (χ0) is 22.1. The van der Waals surface area contributed by atoms with Crippen LogP contribution < -0.4 is 4.57 Å². The molecule has 3 nitrogen and oxygen atoms in total. The average Bonchev–Trinajstić information content (AvgIpc) is 3.05. The van der Waals surface area contributed by atoms with Gasteiger partial charge >= 0.3 is 0 Å². The average molecular weight is 370 g/mol. The van der Waals surface area contributed by atoms with Crippen LogP contribution in [0.1, 0.15) is 26.4 Å². The van der Waals surface area contributed by atoms with Crippen LogP contribution >= 0.6 is 0 Å². The summed E-state index contributed by atoms with van der Waals surface area (Å²) >= 11 is 0. The van der Waals surface area contributed by atoms with E-state index >= 15 is 0 Å². The lowest BCUT2D eigenvalue weighted by molar-refractivity contribution is -0.660. The van der Waals surface area contributed by atoms with Gasteiger partial charge in [0.25, 0.3) is 0 Å². The number of hydrogen-bond acceptors (Lipinski definition) is 2. The highest BCUT2D eigenvalue weighted by atomic mass is 16.3. The first-order valence-electron chi connectivity index (χ1n) is 10.9. The van der Waals surface area contributed by atoms with Crippen molar-refractivity contribution in [3.63, 3.8) is 0 Å². The van der Waals surface area contributed by atoms with Crippen molar-refractivity contribution in [3.8, 4) is 11.3 Å². The van der Waals surface area contributed by atoms with E-state index in [4.69, 9.17) is 13.5 Å². The summed E-state index contributed by atoms with van der Waals surface area (Å²) in [7, 11) is 1.88. The van der Waals surface area contributed by atoms with Crippen LogP contribution in [0.25, 0.3) is 44.2 Å². The number of rotatable bonds is 1. The van der Waals surface area contributed by atoms with Crippen molar-refractivity contribution in [2.75, 3.05) is 0 Å². The van der Waals surface area contributed by atoms with Crippen LogP contribution in [0.3, 0.4) is 0 Å². The van der Waals surface area contributed by atoms with Crippen molar-refractivity contribution in [2.45, 2.75) is 27.6 Å². The normalized spacial score (nSPS) is 13.8. The van der Waals surface area contributed by atoms with Gasteiger partial charge in [0.05, 0.1) is 11.1 Å². The van der Waals surface area contributed by atoms with Crippen molar-refractivity contribution in [3.05, 3.63) is 70.9 Å². The molecule has 0 unspecified atom stereocenters. The van der Waals surface area contributed by atoms with Crippen LogP contribution in [-0.4, -0.2) is 4.98 Å². The standard InChI is InChI=1S/C25H23N2O/c1-14-7-6-8-20-19(14)12-22-24(26-20)18-10-9-15(2)23(25(18)28-22)21-11-16(3)17(4)13-27(21)5/h6-13H,1-5H3/q+1/i4D3. The Labute approximate surface area is 168 Å². The fraction of sp³-hybridized carbons (Fsp3) is 0.200. The number of fused-ring (bicyclic) bond motifs is 4. The third kappa shape index (κ3) is 2.36. The Hall–Kier alpha value is -3.20. The van der Waals surface area contributed by atoms with Gasteiger partial charge in [-0.15, -0.1) is 0 Å². The summed E-state index contributed by atoms with van der Waals surface area (Å²) < 4.78 is 31.7. The summed E-state index contributed by atoms with van der Waals surface area (Å²) in [5, 5.41) is 2.03. The van der Waals surface area contributed by atoms with Crippen LogP contribution in [-0.2, 0) is 7.05 Å². The van der Waals surface area contributed by atoms with Crippen LogP contribution in [0, 0.1) is 27.6 Å². The molecule has 2 aromatic carbocycles. The highest BCUT2D eigenvalue weighted by molar-refractivity contribution is 6.10. The SMILES string of the molecule is [2H]C([2H])([2H])c1c[n+](C)c(-c2c(C)ccc3c2oc2cc4c(C)cccc4nc23)cc1C.